The van der Waals surface area contributed by atoms with Gasteiger partial charge < -0.3 is 14.3 Å². The molecule has 2 aromatic rings. The van der Waals surface area contributed by atoms with Gasteiger partial charge in [-0.05, 0) is 23.8 Å². The van der Waals surface area contributed by atoms with Crippen molar-refractivity contribution in [2.24, 2.45) is 5.16 Å². The molecule has 0 radical (unpaired) electrons. The van der Waals surface area contributed by atoms with Crippen LogP contribution >= 0.6 is 0 Å². The highest BCUT2D eigenvalue weighted by atomic mass is 16.7. The molecular weight excluding hydrogens is 328 g/mol. The van der Waals surface area contributed by atoms with Gasteiger partial charge in [-0.1, -0.05) is 23.4 Å². The topological polar surface area (TPSA) is 100 Å². The Hall–Kier alpha value is -3.68. The lowest BCUT2D eigenvalue weighted by Crippen LogP contribution is -2.07. The predicted molar refractivity (Wildman–Crippen MR) is 86.3 cm³/mol. The first-order chi connectivity index (χ1) is 12.1. The average Bonchev–Trinajstić information content (AvgIpc) is 3.22. The van der Waals surface area contributed by atoms with E-state index in [2.05, 4.69) is 5.16 Å². The zero-order valence-corrected chi connectivity index (χ0v) is 12.7. The van der Waals surface area contributed by atoms with Gasteiger partial charge in [-0.2, -0.15) is 0 Å². The van der Waals surface area contributed by atoms with E-state index in [1.165, 1.54) is 18.2 Å². The second-order valence-corrected chi connectivity index (χ2v) is 5.30. The maximum absolute atomic E-state index is 12.0. The SMILES string of the molecule is O=C1ON=C(c2cccc([N+](=O)[O-])c2)/C1=C/c1ccc2c(c1)OCO2. The number of nitro benzene ring substituents is 1. The van der Waals surface area contributed by atoms with Crippen LogP contribution in [0.3, 0.4) is 0 Å². The molecule has 0 bridgehead atoms. The predicted octanol–water partition coefficient (Wildman–Crippen LogP) is 2.67. The van der Waals surface area contributed by atoms with Crippen molar-refractivity contribution in [2.75, 3.05) is 6.79 Å². The third-order valence-electron chi connectivity index (χ3n) is 3.73. The van der Waals surface area contributed by atoms with Gasteiger partial charge in [-0.3, -0.25) is 10.1 Å². The van der Waals surface area contributed by atoms with Crippen LogP contribution in [0, 0.1) is 10.1 Å². The number of carbonyl (C=O) groups is 1. The Bertz CT molecular complexity index is 963. The number of nitro groups is 1. The summed E-state index contributed by atoms with van der Waals surface area (Å²) in [6.45, 7) is 0.151. The first-order valence-electron chi connectivity index (χ1n) is 7.28. The Labute approximate surface area is 141 Å². The molecule has 0 saturated heterocycles. The Balaban J connectivity index is 1.73. The highest BCUT2D eigenvalue weighted by molar-refractivity contribution is 6.31. The maximum atomic E-state index is 12.0. The third kappa shape index (κ3) is 2.69. The quantitative estimate of drug-likeness (QED) is 0.369. The second kappa shape index (κ2) is 5.75. The molecule has 0 N–H and O–H groups in total. The van der Waals surface area contributed by atoms with Crippen LogP contribution in [0.25, 0.3) is 6.08 Å². The lowest BCUT2D eigenvalue weighted by molar-refractivity contribution is -0.384. The molecule has 0 atom stereocenters. The van der Waals surface area contributed by atoms with E-state index in [-0.39, 0.29) is 23.8 Å². The standard InChI is InChI=1S/C17H10N2O6/c20-17-13(6-10-4-5-14-15(7-10)24-9-23-14)16(18-25-17)11-2-1-3-12(8-11)19(21)22/h1-8H,9H2/b13-6-. The number of rotatable bonds is 3. The fourth-order valence-electron chi connectivity index (χ4n) is 2.55. The van der Waals surface area contributed by atoms with E-state index >= 15 is 0 Å². The minimum Gasteiger partial charge on any atom is -0.454 e. The van der Waals surface area contributed by atoms with Crippen molar-refractivity contribution in [1.82, 2.24) is 0 Å². The molecule has 4 rings (SSSR count). The third-order valence-corrected chi connectivity index (χ3v) is 3.73. The molecule has 2 aliphatic heterocycles. The van der Waals surface area contributed by atoms with Gasteiger partial charge in [-0.15, -0.1) is 0 Å². The number of fused-ring (bicyclic) bond motifs is 1. The molecule has 2 aromatic carbocycles. The van der Waals surface area contributed by atoms with Crippen LogP contribution < -0.4 is 9.47 Å². The fraction of sp³-hybridized carbons (Fsp3) is 0.0588. The van der Waals surface area contributed by atoms with Crippen molar-refractivity contribution in [3.8, 4) is 11.5 Å². The van der Waals surface area contributed by atoms with E-state index in [9.17, 15) is 14.9 Å². The van der Waals surface area contributed by atoms with Crippen molar-refractivity contribution in [2.45, 2.75) is 0 Å². The smallest absolute Gasteiger partial charge is 0.368 e. The lowest BCUT2D eigenvalue weighted by atomic mass is 10.00. The van der Waals surface area contributed by atoms with E-state index < -0.39 is 10.9 Å². The highest BCUT2D eigenvalue weighted by Gasteiger charge is 2.28. The molecule has 0 aliphatic carbocycles. The van der Waals surface area contributed by atoms with E-state index in [0.717, 1.165) is 0 Å². The minimum absolute atomic E-state index is 0.0954. The first kappa shape index (κ1) is 14.9. The Morgan fingerprint density at radius 2 is 1.96 bits per heavy atom. The first-order valence-corrected chi connectivity index (χ1v) is 7.28. The molecule has 0 fully saturated rings. The molecule has 0 aromatic heterocycles. The molecule has 0 saturated carbocycles. The second-order valence-electron chi connectivity index (χ2n) is 5.30. The average molecular weight is 338 g/mol. The lowest BCUT2D eigenvalue weighted by Gasteiger charge is -2.02. The van der Waals surface area contributed by atoms with Crippen LogP contribution in [0.5, 0.6) is 11.5 Å². The van der Waals surface area contributed by atoms with E-state index in [0.29, 0.717) is 22.6 Å². The monoisotopic (exact) mass is 338 g/mol. The van der Waals surface area contributed by atoms with Gasteiger partial charge in [0.25, 0.3) is 5.69 Å². The van der Waals surface area contributed by atoms with Gasteiger partial charge >= 0.3 is 5.97 Å². The summed E-state index contributed by atoms with van der Waals surface area (Å²) in [7, 11) is 0. The zero-order chi connectivity index (χ0) is 17.4. The zero-order valence-electron chi connectivity index (χ0n) is 12.7. The molecule has 8 heteroatoms. The molecular formula is C17H10N2O6. The van der Waals surface area contributed by atoms with E-state index in [1.54, 1.807) is 30.3 Å². The summed E-state index contributed by atoms with van der Waals surface area (Å²) in [5.74, 6) is 0.581. The van der Waals surface area contributed by atoms with Gasteiger partial charge in [-0.25, -0.2) is 4.79 Å². The summed E-state index contributed by atoms with van der Waals surface area (Å²) < 4.78 is 10.6. The Morgan fingerprint density at radius 1 is 1.12 bits per heavy atom. The van der Waals surface area contributed by atoms with Gasteiger partial charge in [0.15, 0.2) is 11.5 Å². The van der Waals surface area contributed by atoms with Crippen LogP contribution in [0.2, 0.25) is 0 Å². The van der Waals surface area contributed by atoms with E-state index in [1.807, 2.05) is 0 Å². The molecule has 2 aliphatic rings. The highest BCUT2D eigenvalue weighted by Crippen LogP contribution is 2.33. The van der Waals surface area contributed by atoms with E-state index in [4.69, 9.17) is 14.3 Å². The maximum Gasteiger partial charge on any atom is 0.368 e. The minimum atomic E-state index is -0.626. The summed E-state index contributed by atoms with van der Waals surface area (Å²) in [5, 5.41) is 14.7. The van der Waals surface area contributed by atoms with Crippen LogP contribution in [0.4, 0.5) is 5.69 Å². The molecule has 124 valence electrons. The molecule has 0 amide bonds. The summed E-state index contributed by atoms with van der Waals surface area (Å²) >= 11 is 0. The molecule has 2 heterocycles. The number of hydrogen-bond acceptors (Lipinski definition) is 7. The number of hydrogen-bond donors (Lipinski definition) is 0. The largest absolute Gasteiger partial charge is 0.454 e. The Morgan fingerprint density at radius 3 is 2.80 bits per heavy atom. The van der Waals surface area contributed by atoms with Crippen LogP contribution in [-0.2, 0) is 9.63 Å². The number of ether oxygens (including phenoxy) is 2. The van der Waals surface area contributed by atoms with Crippen LogP contribution in [0.1, 0.15) is 11.1 Å². The summed E-state index contributed by atoms with van der Waals surface area (Å²) in [5.41, 5.74) is 1.47. The number of oxime groups is 1. The number of carbonyl (C=O) groups excluding carboxylic acids is 1. The van der Waals surface area contributed by atoms with Gasteiger partial charge in [0, 0.05) is 17.7 Å². The fourth-order valence-corrected chi connectivity index (χ4v) is 2.55. The summed E-state index contributed by atoms with van der Waals surface area (Å²) in [4.78, 5) is 27.2. The number of nitrogens with zero attached hydrogens (tertiary/aromatic N) is 2. The normalized spacial score (nSPS) is 16.7. The molecule has 25 heavy (non-hydrogen) atoms. The summed E-state index contributed by atoms with van der Waals surface area (Å²) in [6.07, 6.45) is 1.59. The van der Waals surface area contributed by atoms with Crippen molar-refractivity contribution in [3.05, 3.63) is 69.3 Å². The number of non-ortho nitro benzene ring substituents is 1. The summed E-state index contributed by atoms with van der Waals surface area (Å²) in [6, 6.07) is 11.1. The molecule has 0 unspecified atom stereocenters. The molecule has 0 spiro atoms. The van der Waals surface area contributed by atoms with Gasteiger partial charge in [0.2, 0.25) is 6.79 Å². The van der Waals surface area contributed by atoms with Crippen LogP contribution in [0.15, 0.2) is 53.2 Å². The van der Waals surface area contributed by atoms with Gasteiger partial charge in [0.1, 0.15) is 5.71 Å². The van der Waals surface area contributed by atoms with Crippen molar-refractivity contribution in [3.63, 3.8) is 0 Å². The van der Waals surface area contributed by atoms with Crippen molar-refractivity contribution >= 4 is 23.4 Å². The molecule has 8 nitrogen and oxygen atoms in total. The Kier molecular flexibility index (Phi) is 3.42. The van der Waals surface area contributed by atoms with Gasteiger partial charge in [0.05, 0.1) is 10.5 Å². The number of benzene rings is 2. The van der Waals surface area contributed by atoms with Crippen LogP contribution in [-0.4, -0.2) is 23.4 Å². The van der Waals surface area contributed by atoms with Crippen molar-refractivity contribution < 1.29 is 24.0 Å². The van der Waals surface area contributed by atoms with Crippen molar-refractivity contribution in [1.29, 1.82) is 0 Å².